The fourth-order valence-electron chi connectivity index (χ4n) is 0.952. The number of carbonyl (C=O) groups excluding carboxylic acids is 1. The Morgan fingerprint density at radius 2 is 2.00 bits per heavy atom. The minimum Gasteiger partial charge on any atom is -0.508 e. The smallest absolute Gasteiger partial charge is 0.137 e. The Bertz CT molecular complexity index is 256. The first-order valence-electron chi connectivity index (χ1n) is 3.71. The standard InChI is InChI=1S/C9H11NO2/c10-8(6-11)5-7-1-3-9(12)4-2-7/h1-4,6,8,12H,5,10H2/t8-/m0/s1. The van der Waals surface area contributed by atoms with Crippen LogP contribution < -0.4 is 5.73 Å². The first-order valence-corrected chi connectivity index (χ1v) is 3.71. The van der Waals surface area contributed by atoms with Crippen LogP contribution in [0.15, 0.2) is 24.3 Å². The van der Waals surface area contributed by atoms with Crippen LogP contribution in [-0.2, 0) is 11.2 Å². The molecule has 0 aliphatic heterocycles. The van der Waals surface area contributed by atoms with Gasteiger partial charge in [0.15, 0.2) is 0 Å². The summed E-state index contributed by atoms with van der Waals surface area (Å²) in [7, 11) is 0. The molecule has 12 heavy (non-hydrogen) atoms. The van der Waals surface area contributed by atoms with Gasteiger partial charge in [0.1, 0.15) is 12.0 Å². The Kier molecular flexibility index (Phi) is 2.82. The van der Waals surface area contributed by atoms with Gasteiger partial charge in [-0.1, -0.05) is 12.1 Å². The molecule has 0 amide bonds. The Hall–Kier alpha value is -1.35. The Morgan fingerprint density at radius 3 is 2.50 bits per heavy atom. The van der Waals surface area contributed by atoms with Gasteiger partial charge in [0.05, 0.1) is 6.04 Å². The van der Waals surface area contributed by atoms with Gasteiger partial charge < -0.3 is 15.6 Å². The number of hydrogen-bond acceptors (Lipinski definition) is 3. The van der Waals surface area contributed by atoms with Gasteiger partial charge in [-0.15, -0.1) is 0 Å². The van der Waals surface area contributed by atoms with Crippen molar-refractivity contribution in [2.24, 2.45) is 5.73 Å². The molecule has 0 aliphatic rings. The molecule has 0 spiro atoms. The van der Waals surface area contributed by atoms with Crippen LogP contribution in [0.25, 0.3) is 0 Å². The van der Waals surface area contributed by atoms with Crippen molar-refractivity contribution in [3.05, 3.63) is 29.8 Å². The summed E-state index contributed by atoms with van der Waals surface area (Å²) in [5, 5.41) is 8.95. The van der Waals surface area contributed by atoms with E-state index in [0.29, 0.717) is 12.7 Å². The highest BCUT2D eigenvalue weighted by atomic mass is 16.3. The molecule has 0 saturated heterocycles. The number of hydrogen-bond donors (Lipinski definition) is 2. The third-order valence-electron chi connectivity index (χ3n) is 1.58. The minimum absolute atomic E-state index is 0.221. The van der Waals surface area contributed by atoms with Crippen LogP contribution in [0.5, 0.6) is 5.75 Å². The maximum atomic E-state index is 10.2. The van der Waals surface area contributed by atoms with Gasteiger partial charge >= 0.3 is 0 Å². The normalized spacial score (nSPS) is 12.4. The van der Waals surface area contributed by atoms with E-state index in [-0.39, 0.29) is 5.75 Å². The molecule has 64 valence electrons. The molecule has 1 rings (SSSR count). The third kappa shape index (κ3) is 2.36. The van der Waals surface area contributed by atoms with Crippen molar-refractivity contribution in [3.63, 3.8) is 0 Å². The van der Waals surface area contributed by atoms with Gasteiger partial charge in [-0.2, -0.15) is 0 Å². The van der Waals surface area contributed by atoms with Gasteiger partial charge in [-0.3, -0.25) is 0 Å². The molecule has 0 radical (unpaired) electrons. The van der Waals surface area contributed by atoms with E-state index in [2.05, 4.69) is 0 Å². The van der Waals surface area contributed by atoms with Gasteiger partial charge in [0.2, 0.25) is 0 Å². The second-order valence-electron chi connectivity index (χ2n) is 2.67. The van der Waals surface area contributed by atoms with Crippen LogP contribution >= 0.6 is 0 Å². The summed E-state index contributed by atoms with van der Waals surface area (Å²) in [5.41, 5.74) is 6.36. The largest absolute Gasteiger partial charge is 0.508 e. The van der Waals surface area contributed by atoms with E-state index in [1.54, 1.807) is 24.3 Å². The lowest BCUT2D eigenvalue weighted by Gasteiger charge is -2.03. The number of nitrogens with two attached hydrogens (primary N) is 1. The van der Waals surface area contributed by atoms with E-state index in [0.717, 1.165) is 5.56 Å². The SMILES string of the molecule is N[C@H](C=O)Cc1ccc(O)cc1. The number of carbonyl (C=O) groups is 1. The second-order valence-corrected chi connectivity index (χ2v) is 2.67. The quantitative estimate of drug-likeness (QED) is 0.639. The highest BCUT2D eigenvalue weighted by Gasteiger charge is 2.00. The zero-order valence-electron chi connectivity index (χ0n) is 6.60. The Balaban J connectivity index is 2.64. The minimum atomic E-state index is -0.449. The molecule has 3 nitrogen and oxygen atoms in total. The molecule has 1 aromatic carbocycles. The number of phenolic OH excluding ortho intramolecular Hbond substituents is 1. The van der Waals surface area contributed by atoms with Crippen molar-refractivity contribution >= 4 is 6.29 Å². The maximum absolute atomic E-state index is 10.2. The molecule has 0 heterocycles. The summed E-state index contributed by atoms with van der Waals surface area (Å²) >= 11 is 0. The zero-order valence-corrected chi connectivity index (χ0v) is 6.60. The summed E-state index contributed by atoms with van der Waals surface area (Å²) in [6.45, 7) is 0. The van der Waals surface area contributed by atoms with E-state index >= 15 is 0 Å². The lowest BCUT2D eigenvalue weighted by molar-refractivity contribution is -0.108. The summed E-state index contributed by atoms with van der Waals surface area (Å²) in [6.07, 6.45) is 1.23. The van der Waals surface area contributed by atoms with E-state index in [1.165, 1.54) is 0 Å². The van der Waals surface area contributed by atoms with Gasteiger partial charge in [-0.05, 0) is 24.1 Å². The van der Waals surface area contributed by atoms with Crippen molar-refractivity contribution in [1.82, 2.24) is 0 Å². The van der Waals surface area contributed by atoms with E-state index < -0.39 is 6.04 Å². The number of rotatable bonds is 3. The predicted molar refractivity (Wildman–Crippen MR) is 45.9 cm³/mol. The molecule has 0 saturated carbocycles. The zero-order chi connectivity index (χ0) is 8.97. The third-order valence-corrected chi connectivity index (χ3v) is 1.58. The molecule has 0 unspecified atom stereocenters. The van der Waals surface area contributed by atoms with E-state index in [4.69, 9.17) is 10.8 Å². The molecule has 3 N–H and O–H groups in total. The molecular formula is C9H11NO2. The van der Waals surface area contributed by atoms with Gasteiger partial charge in [-0.25, -0.2) is 0 Å². The topological polar surface area (TPSA) is 63.3 Å². The van der Waals surface area contributed by atoms with E-state index in [9.17, 15) is 4.79 Å². The maximum Gasteiger partial charge on any atom is 0.137 e. The van der Waals surface area contributed by atoms with Crippen molar-refractivity contribution in [3.8, 4) is 5.75 Å². The van der Waals surface area contributed by atoms with Gasteiger partial charge in [0.25, 0.3) is 0 Å². The predicted octanol–water partition coefficient (Wildman–Crippen LogP) is 0.461. The monoisotopic (exact) mass is 165 g/mol. The second kappa shape index (κ2) is 3.88. The molecule has 1 atom stereocenters. The summed E-state index contributed by atoms with van der Waals surface area (Å²) < 4.78 is 0. The van der Waals surface area contributed by atoms with Crippen LogP contribution in [0.1, 0.15) is 5.56 Å². The fourth-order valence-corrected chi connectivity index (χ4v) is 0.952. The first-order chi connectivity index (χ1) is 5.72. The van der Waals surface area contributed by atoms with Gasteiger partial charge in [0, 0.05) is 0 Å². The summed E-state index contributed by atoms with van der Waals surface area (Å²) in [5.74, 6) is 0.221. The molecule has 3 heteroatoms. The number of aromatic hydroxyl groups is 1. The van der Waals surface area contributed by atoms with Crippen LogP contribution in [-0.4, -0.2) is 17.4 Å². The molecule has 0 aromatic heterocycles. The summed E-state index contributed by atoms with van der Waals surface area (Å²) in [6, 6.07) is 6.20. The first kappa shape index (κ1) is 8.74. The lowest BCUT2D eigenvalue weighted by atomic mass is 10.1. The molecular weight excluding hydrogens is 154 g/mol. The number of phenols is 1. The van der Waals surface area contributed by atoms with E-state index in [1.807, 2.05) is 0 Å². The van der Waals surface area contributed by atoms with Crippen LogP contribution in [0.2, 0.25) is 0 Å². The molecule has 0 aliphatic carbocycles. The van der Waals surface area contributed by atoms with Crippen molar-refractivity contribution in [2.45, 2.75) is 12.5 Å². The number of aldehydes is 1. The van der Waals surface area contributed by atoms with Crippen LogP contribution in [0.3, 0.4) is 0 Å². The lowest BCUT2D eigenvalue weighted by Crippen LogP contribution is -2.23. The van der Waals surface area contributed by atoms with Crippen LogP contribution in [0.4, 0.5) is 0 Å². The highest BCUT2D eigenvalue weighted by Crippen LogP contribution is 2.10. The highest BCUT2D eigenvalue weighted by molar-refractivity contribution is 5.57. The summed E-state index contributed by atoms with van der Waals surface area (Å²) in [4.78, 5) is 10.2. The average Bonchev–Trinajstić information content (AvgIpc) is 2.09. The molecule has 1 aromatic rings. The molecule has 0 fully saturated rings. The Morgan fingerprint density at radius 1 is 1.42 bits per heavy atom. The van der Waals surface area contributed by atoms with Crippen molar-refractivity contribution < 1.29 is 9.90 Å². The average molecular weight is 165 g/mol. The van der Waals surface area contributed by atoms with Crippen molar-refractivity contribution in [1.29, 1.82) is 0 Å². The Labute approximate surface area is 70.8 Å². The number of benzene rings is 1. The molecule has 0 bridgehead atoms. The van der Waals surface area contributed by atoms with Crippen LogP contribution in [0, 0.1) is 0 Å². The van der Waals surface area contributed by atoms with Crippen molar-refractivity contribution in [2.75, 3.05) is 0 Å². The fraction of sp³-hybridized carbons (Fsp3) is 0.222.